The lowest BCUT2D eigenvalue weighted by Gasteiger charge is -2.14. The molecule has 1 aromatic carbocycles. The Balaban J connectivity index is 3.13. The maximum Gasteiger partial charge on any atom is 0.257 e. The number of alkyl halides is 2. The molecule has 3 N–H and O–H groups in total. The molecule has 0 aliphatic rings. The van der Waals surface area contributed by atoms with Crippen LogP contribution in [-0.2, 0) is 0 Å². The second kappa shape index (κ2) is 5.45. The lowest BCUT2D eigenvalue weighted by atomic mass is 10.1. The zero-order chi connectivity index (χ0) is 12.3. The minimum atomic E-state index is -2.66. The Morgan fingerprint density at radius 3 is 2.62 bits per heavy atom. The van der Waals surface area contributed by atoms with Gasteiger partial charge in [-0.2, -0.15) is 0 Å². The molecule has 0 aliphatic heterocycles. The molecule has 0 saturated carbocycles. The van der Waals surface area contributed by atoms with Crippen LogP contribution >= 0.6 is 15.9 Å². The number of ether oxygens (including phenoxy) is 1. The Morgan fingerprint density at radius 1 is 1.50 bits per heavy atom. The average Bonchev–Trinajstić information content (AvgIpc) is 2.23. The molecule has 0 radical (unpaired) electrons. The molecule has 1 rings (SSSR count). The van der Waals surface area contributed by atoms with Crippen LogP contribution in [0.25, 0.3) is 0 Å². The smallest absolute Gasteiger partial charge is 0.257 e. The van der Waals surface area contributed by atoms with Crippen molar-refractivity contribution in [1.29, 1.82) is 0 Å². The van der Waals surface area contributed by atoms with Crippen LogP contribution in [0.15, 0.2) is 16.6 Å². The van der Waals surface area contributed by atoms with E-state index in [0.717, 1.165) is 0 Å². The highest BCUT2D eigenvalue weighted by Gasteiger charge is 2.20. The third kappa shape index (κ3) is 2.82. The first-order valence-corrected chi connectivity index (χ1v) is 5.45. The molecule has 0 bridgehead atoms. The van der Waals surface area contributed by atoms with Crippen molar-refractivity contribution < 1.29 is 18.6 Å². The van der Waals surface area contributed by atoms with Gasteiger partial charge >= 0.3 is 0 Å². The van der Waals surface area contributed by atoms with E-state index in [-0.39, 0.29) is 21.5 Å². The zero-order valence-corrected chi connectivity index (χ0v) is 10.2. The van der Waals surface area contributed by atoms with E-state index in [2.05, 4.69) is 15.9 Å². The van der Waals surface area contributed by atoms with Crippen LogP contribution in [0.2, 0.25) is 0 Å². The highest BCUT2D eigenvalue weighted by atomic mass is 79.9. The van der Waals surface area contributed by atoms with Crippen LogP contribution in [0.5, 0.6) is 11.5 Å². The van der Waals surface area contributed by atoms with Gasteiger partial charge < -0.3 is 15.6 Å². The van der Waals surface area contributed by atoms with Gasteiger partial charge in [-0.25, -0.2) is 8.78 Å². The first-order valence-electron chi connectivity index (χ1n) is 4.66. The van der Waals surface area contributed by atoms with Crippen LogP contribution in [0.4, 0.5) is 8.78 Å². The monoisotopic (exact) mass is 295 g/mol. The number of hydrogen-bond donors (Lipinski definition) is 2. The van der Waals surface area contributed by atoms with Crippen molar-refractivity contribution in [2.75, 3.05) is 6.61 Å². The summed E-state index contributed by atoms with van der Waals surface area (Å²) in [7, 11) is 0. The molecule has 3 nitrogen and oxygen atoms in total. The summed E-state index contributed by atoms with van der Waals surface area (Å²) in [6.45, 7) is 2.06. The van der Waals surface area contributed by atoms with Crippen molar-refractivity contribution >= 4 is 15.9 Å². The standard InChI is InChI=1S/C10H12BrF2NO2/c1-2-16-7-4-5(8(14)10(12)13)3-6(11)9(7)15/h3-4,8,10,15H,2,14H2,1H3/t8-/m0/s1. The van der Waals surface area contributed by atoms with Crippen LogP contribution in [0, 0.1) is 0 Å². The number of aromatic hydroxyl groups is 1. The van der Waals surface area contributed by atoms with Crippen LogP contribution in [0.3, 0.4) is 0 Å². The molecule has 6 heteroatoms. The SMILES string of the molecule is CCOc1cc([C@H](N)C(F)F)cc(Br)c1O. The fourth-order valence-electron chi connectivity index (χ4n) is 1.20. The van der Waals surface area contributed by atoms with Crippen molar-refractivity contribution in [1.82, 2.24) is 0 Å². The van der Waals surface area contributed by atoms with Crippen molar-refractivity contribution in [3.05, 3.63) is 22.2 Å². The van der Waals surface area contributed by atoms with Crippen molar-refractivity contribution in [3.8, 4) is 11.5 Å². The van der Waals surface area contributed by atoms with Gasteiger partial charge in [0, 0.05) is 0 Å². The minimum absolute atomic E-state index is 0.118. The largest absolute Gasteiger partial charge is 0.503 e. The molecule has 1 atom stereocenters. The summed E-state index contributed by atoms with van der Waals surface area (Å²) in [6.07, 6.45) is -2.66. The number of phenols is 1. The predicted molar refractivity (Wildman–Crippen MR) is 59.9 cm³/mol. The van der Waals surface area contributed by atoms with Gasteiger partial charge in [0.25, 0.3) is 6.43 Å². The van der Waals surface area contributed by atoms with Crippen LogP contribution < -0.4 is 10.5 Å². The van der Waals surface area contributed by atoms with E-state index in [1.807, 2.05) is 0 Å². The molecule has 0 spiro atoms. The van der Waals surface area contributed by atoms with Gasteiger partial charge in [0.05, 0.1) is 17.1 Å². The number of nitrogens with two attached hydrogens (primary N) is 1. The van der Waals surface area contributed by atoms with Gasteiger partial charge in [-0.3, -0.25) is 0 Å². The third-order valence-corrected chi connectivity index (χ3v) is 2.61. The van der Waals surface area contributed by atoms with Gasteiger partial charge in [0.2, 0.25) is 0 Å². The number of benzene rings is 1. The highest BCUT2D eigenvalue weighted by molar-refractivity contribution is 9.10. The summed E-state index contributed by atoms with van der Waals surface area (Å²) in [5.74, 6) is 0.0232. The van der Waals surface area contributed by atoms with E-state index in [9.17, 15) is 13.9 Å². The quantitative estimate of drug-likeness (QED) is 0.898. The Bertz CT molecular complexity index is 374. The minimum Gasteiger partial charge on any atom is -0.503 e. The summed E-state index contributed by atoms with van der Waals surface area (Å²) in [5.41, 5.74) is 5.52. The van der Waals surface area contributed by atoms with E-state index in [1.54, 1.807) is 6.92 Å². The second-order valence-corrected chi connectivity index (χ2v) is 4.00. The van der Waals surface area contributed by atoms with Crippen molar-refractivity contribution in [2.24, 2.45) is 5.73 Å². The summed E-state index contributed by atoms with van der Waals surface area (Å²) in [6, 6.07) is 1.28. The molecule has 0 fully saturated rings. The predicted octanol–water partition coefficient (Wildman–Crippen LogP) is 2.82. The molecule has 0 unspecified atom stereocenters. The maximum absolute atomic E-state index is 12.4. The summed E-state index contributed by atoms with van der Waals surface area (Å²) < 4.78 is 30.2. The average molecular weight is 296 g/mol. The Morgan fingerprint density at radius 2 is 2.12 bits per heavy atom. The fourth-order valence-corrected chi connectivity index (χ4v) is 1.66. The molecular weight excluding hydrogens is 284 g/mol. The van der Waals surface area contributed by atoms with Gasteiger partial charge in [0.1, 0.15) is 0 Å². The zero-order valence-electron chi connectivity index (χ0n) is 8.58. The van der Waals surface area contributed by atoms with E-state index in [0.29, 0.717) is 6.61 Å². The van der Waals surface area contributed by atoms with Crippen molar-refractivity contribution in [2.45, 2.75) is 19.4 Å². The van der Waals surface area contributed by atoms with Gasteiger partial charge in [-0.1, -0.05) is 0 Å². The Hall–Kier alpha value is -0.880. The summed E-state index contributed by atoms with van der Waals surface area (Å²) >= 11 is 3.05. The molecule has 0 heterocycles. The highest BCUT2D eigenvalue weighted by Crippen LogP contribution is 2.37. The molecule has 0 saturated heterocycles. The van der Waals surface area contributed by atoms with Crippen LogP contribution in [0.1, 0.15) is 18.5 Å². The third-order valence-electron chi connectivity index (χ3n) is 2.01. The number of halogens is 3. The molecule has 0 aliphatic carbocycles. The topological polar surface area (TPSA) is 55.5 Å². The number of rotatable bonds is 4. The Labute approximate surface area is 100 Å². The maximum atomic E-state index is 12.4. The number of phenolic OH excluding ortho intramolecular Hbond substituents is 1. The normalized spacial score (nSPS) is 12.9. The Kier molecular flexibility index (Phi) is 4.49. The molecular formula is C10H12BrF2NO2. The lowest BCUT2D eigenvalue weighted by Crippen LogP contribution is -2.19. The van der Waals surface area contributed by atoms with Gasteiger partial charge in [-0.15, -0.1) is 0 Å². The molecule has 16 heavy (non-hydrogen) atoms. The fraction of sp³-hybridized carbons (Fsp3) is 0.400. The summed E-state index contributed by atoms with van der Waals surface area (Å²) in [4.78, 5) is 0. The van der Waals surface area contributed by atoms with E-state index >= 15 is 0 Å². The summed E-state index contributed by atoms with van der Waals surface area (Å²) in [5, 5.41) is 9.57. The first kappa shape index (κ1) is 13.2. The first-order chi connectivity index (χ1) is 7.47. The van der Waals surface area contributed by atoms with Crippen LogP contribution in [-0.4, -0.2) is 18.1 Å². The van der Waals surface area contributed by atoms with E-state index < -0.39 is 12.5 Å². The molecule has 1 aromatic rings. The molecule has 0 aromatic heterocycles. The van der Waals surface area contributed by atoms with Gasteiger partial charge in [-0.05, 0) is 40.5 Å². The molecule has 90 valence electrons. The lowest BCUT2D eigenvalue weighted by molar-refractivity contribution is 0.116. The molecule has 0 amide bonds. The van der Waals surface area contributed by atoms with Crippen molar-refractivity contribution in [3.63, 3.8) is 0 Å². The van der Waals surface area contributed by atoms with Gasteiger partial charge in [0.15, 0.2) is 11.5 Å². The van der Waals surface area contributed by atoms with E-state index in [4.69, 9.17) is 10.5 Å². The second-order valence-electron chi connectivity index (χ2n) is 3.14. The van der Waals surface area contributed by atoms with E-state index in [1.165, 1.54) is 12.1 Å². The number of hydrogen-bond acceptors (Lipinski definition) is 3.